The van der Waals surface area contributed by atoms with Gasteiger partial charge in [-0.3, -0.25) is 9.59 Å². The third kappa shape index (κ3) is 6.60. The molecule has 0 amide bonds. The Balaban J connectivity index is 1.42. The van der Waals surface area contributed by atoms with Gasteiger partial charge in [-0.05, 0) is 26.7 Å². The van der Waals surface area contributed by atoms with Crippen LogP contribution >= 0.6 is 0 Å². The molecule has 10 nitrogen and oxygen atoms in total. The summed E-state index contributed by atoms with van der Waals surface area (Å²) < 4.78 is 42.9. The van der Waals surface area contributed by atoms with Crippen LogP contribution in [0.15, 0.2) is 0 Å². The van der Waals surface area contributed by atoms with Gasteiger partial charge in [0.05, 0.1) is 25.0 Å². The maximum atomic E-state index is 12.6. The molecule has 0 radical (unpaired) electrons. The van der Waals surface area contributed by atoms with Crippen LogP contribution in [0.25, 0.3) is 0 Å². The van der Waals surface area contributed by atoms with Gasteiger partial charge in [-0.2, -0.15) is 0 Å². The summed E-state index contributed by atoms with van der Waals surface area (Å²) in [6, 6.07) is 0. The maximum absolute atomic E-state index is 12.6. The first-order valence-corrected chi connectivity index (χ1v) is 10.7. The molecule has 0 aromatic heterocycles. The Morgan fingerprint density at radius 3 is 1.60 bits per heavy atom. The molecule has 1 aliphatic carbocycles. The summed E-state index contributed by atoms with van der Waals surface area (Å²) in [4.78, 5) is 25.3. The molecule has 3 rings (SSSR count). The van der Waals surface area contributed by atoms with Gasteiger partial charge in [0.2, 0.25) is 0 Å². The van der Waals surface area contributed by atoms with Gasteiger partial charge in [0.25, 0.3) is 13.0 Å². The fraction of sp³-hybridized carbons (Fsp3) is 0.900. The average molecular weight is 432 g/mol. The zero-order valence-electron chi connectivity index (χ0n) is 17.6. The summed E-state index contributed by atoms with van der Waals surface area (Å²) in [5, 5.41) is 0. The molecule has 2 heterocycles. The molecule has 3 fully saturated rings. The zero-order chi connectivity index (χ0) is 21.3. The number of carbonyl (C=O) groups excluding carboxylic acids is 2. The van der Waals surface area contributed by atoms with Crippen molar-refractivity contribution in [2.75, 3.05) is 39.6 Å². The van der Waals surface area contributed by atoms with E-state index in [0.717, 1.165) is 12.8 Å². The van der Waals surface area contributed by atoms with Gasteiger partial charge in [0, 0.05) is 13.2 Å². The van der Waals surface area contributed by atoms with Crippen molar-refractivity contribution < 1.29 is 47.5 Å². The summed E-state index contributed by atoms with van der Waals surface area (Å²) in [6.45, 7) is 3.87. The summed E-state index contributed by atoms with van der Waals surface area (Å²) in [5.74, 6) is -1.85. The van der Waals surface area contributed by atoms with Crippen molar-refractivity contribution in [3.05, 3.63) is 0 Å². The highest BCUT2D eigenvalue weighted by molar-refractivity contribution is 5.82. The molecule has 0 bridgehead atoms. The van der Waals surface area contributed by atoms with E-state index in [1.165, 1.54) is 0 Å². The van der Waals surface area contributed by atoms with Gasteiger partial charge in [0.1, 0.15) is 25.4 Å². The van der Waals surface area contributed by atoms with Crippen LogP contribution in [-0.2, 0) is 47.5 Å². The van der Waals surface area contributed by atoms with Crippen molar-refractivity contribution in [2.45, 2.75) is 64.7 Å². The zero-order valence-corrected chi connectivity index (χ0v) is 17.6. The van der Waals surface area contributed by atoms with Crippen molar-refractivity contribution in [3.8, 4) is 0 Å². The molecule has 2 aliphatic heterocycles. The van der Waals surface area contributed by atoms with Crippen LogP contribution in [0.3, 0.4) is 0 Å². The van der Waals surface area contributed by atoms with E-state index in [-0.39, 0.29) is 25.4 Å². The SMILES string of the molecule is CCOC1OCC(COC(=O)C2CCCCC2C(=O)OCC2COC(OCC)O2)O1. The molecule has 3 aliphatic rings. The highest BCUT2D eigenvalue weighted by Gasteiger charge is 2.39. The number of hydrogen-bond donors (Lipinski definition) is 0. The lowest BCUT2D eigenvalue weighted by Gasteiger charge is -2.28. The minimum absolute atomic E-state index is 0.0622. The lowest BCUT2D eigenvalue weighted by atomic mass is 9.79. The molecular formula is C20H32O10. The number of rotatable bonds is 10. The van der Waals surface area contributed by atoms with Crippen molar-refractivity contribution in [1.82, 2.24) is 0 Å². The molecule has 1 saturated carbocycles. The molecule has 6 unspecified atom stereocenters. The van der Waals surface area contributed by atoms with Crippen LogP contribution in [0, 0.1) is 11.8 Å². The molecule has 0 aromatic carbocycles. The van der Waals surface area contributed by atoms with E-state index in [4.69, 9.17) is 37.9 Å². The normalized spacial score (nSPS) is 34.1. The molecule has 10 heteroatoms. The topological polar surface area (TPSA) is 108 Å². The average Bonchev–Trinajstić information content (AvgIpc) is 3.40. The first kappa shape index (κ1) is 23.4. The molecular weight excluding hydrogens is 400 g/mol. The highest BCUT2D eigenvalue weighted by atomic mass is 16.9. The Morgan fingerprint density at radius 2 is 1.20 bits per heavy atom. The Hall–Kier alpha value is -1.30. The Labute approximate surface area is 176 Å². The van der Waals surface area contributed by atoms with Gasteiger partial charge in [0.15, 0.2) is 0 Å². The lowest BCUT2D eigenvalue weighted by molar-refractivity contribution is -0.237. The van der Waals surface area contributed by atoms with Crippen LogP contribution in [0.1, 0.15) is 39.5 Å². The molecule has 172 valence electrons. The van der Waals surface area contributed by atoms with E-state index < -0.39 is 36.7 Å². The predicted octanol–water partition coefficient (Wildman–Crippen LogP) is 1.35. The van der Waals surface area contributed by atoms with Crippen LogP contribution in [0.5, 0.6) is 0 Å². The van der Waals surface area contributed by atoms with Gasteiger partial charge >= 0.3 is 11.9 Å². The Bertz CT molecular complexity index is 508. The summed E-state index contributed by atoms with van der Waals surface area (Å²) in [7, 11) is 0. The van der Waals surface area contributed by atoms with Crippen molar-refractivity contribution in [1.29, 1.82) is 0 Å². The molecule has 0 spiro atoms. The molecule has 0 N–H and O–H groups in total. The highest BCUT2D eigenvalue weighted by Crippen LogP contribution is 2.32. The van der Waals surface area contributed by atoms with E-state index in [0.29, 0.717) is 39.3 Å². The number of carbonyl (C=O) groups is 2. The summed E-state index contributed by atoms with van der Waals surface area (Å²) in [6.07, 6.45) is 2.17. The Kier molecular flexibility index (Phi) is 9.28. The second-order valence-corrected chi connectivity index (χ2v) is 7.43. The van der Waals surface area contributed by atoms with Crippen molar-refractivity contribution in [2.24, 2.45) is 11.8 Å². The monoisotopic (exact) mass is 432 g/mol. The van der Waals surface area contributed by atoms with Crippen molar-refractivity contribution in [3.63, 3.8) is 0 Å². The second kappa shape index (κ2) is 11.9. The minimum Gasteiger partial charge on any atom is -0.463 e. The quantitative estimate of drug-likeness (QED) is 0.469. The van der Waals surface area contributed by atoms with Crippen LogP contribution in [0.4, 0.5) is 0 Å². The van der Waals surface area contributed by atoms with Crippen LogP contribution in [0.2, 0.25) is 0 Å². The smallest absolute Gasteiger partial charge is 0.309 e. The summed E-state index contributed by atoms with van der Waals surface area (Å²) >= 11 is 0. The molecule has 0 aromatic rings. The third-order valence-corrected chi connectivity index (χ3v) is 5.24. The molecule has 30 heavy (non-hydrogen) atoms. The predicted molar refractivity (Wildman–Crippen MR) is 99.8 cm³/mol. The van der Waals surface area contributed by atoms with Crippen LogP contribution < -0.4 is 0 Å². The second-order valence-electron chi connectivity index (χ2n) is 7.43. The van der Waals surface area contributed by atoms with Crippen LogP contribution in [-0.4, -0.2) is 76.7 Å². The standard InChI is InChI=1S/C20H32O10/c1-3-23-19-27-11-13(29-19)9-25-17(21)15-7-5-6-8-16(15)18(22)26-10-14-12-28-20(30-14)24-4-2/h13-16,19-20H,3-12H2,1-2H3. The fourth-order valence-electron chi connectivity index (χ4n) is 3.72. The lowest BCUT2D eigenvalue weighted by Crippen LogP contribution is -2.37. The van der Waals surface area contributed by atoms with Gasteiger partial charge < -0.3 is 37.9 Å². The van der Waals surface area contributed by atoms with Gasteiger partial charge in [-0.15, -0.1) is 0 Å². The number of esters is 2. The number of hydrogen-bond acceptors (Lipinski definition) is 10. The fourth-order valence-corrected chi connectivity index (χ4v) is 3.72. The van der Waals surface area contributed by atoms with E-state index in [9.17, 15) is 9.59 Å². The van der Waals surface area contributed by atoms with Gasteiger partial charge in [-0.1, -0.05) is 12.8 Å². The first-order chi connectivity index (χ1) is 14.6. The molecule has 2 saturated heterocycles. The summed E-state index contributed by atoms with van der Waals surface area (Å²) in [5.41, 5.74) is 0. The third-order valence-electron chi connectivity index (χ3n) is 5.24. The first-order valence-electron chi connectivity index (χ1n) is 10.7. The number of ether oxygens (including phenoxy) is 8. The minimum atomic E-state index is -0.722. The van der Waals surface area contributed by atoms with Crippen molar-refractivity contribution >= 4 is 11.9 Å². The Morgan fingerprint density at radius 1 is 0.767 bits per heavy atom. The molecule has 6 atom stereocenters. The van der Waals surface area contributed by atoms with Gasteiger partial charge in [-0.25, -0.2) is 0 Å². The van der Waals surface area contributed by atoms with E-state index in [2.05, 4.69) is 0 Å². The maximum Gasteiger partial charge on any atom is 0.309 e. The van der Waals surface area contributed by atoms with E-state index in [1.807, 2.05) is 13.8 Å². The van der Waals surface area contributed by atoms with E-state index in [1.54, 1.807) is 0 Å². The van der Waals surface area contributed by atoms with E-state index >= 15 is 0 Å². The largest absolute Gasteiger partial charge is 0.463 e.